The van der Waals surface area contributed by atoms with E-state index in [4.69, 9.17) is 11.6 Å². The van der Waals surface area contributed by atoms with Crippen LogP contribution in [0, 0.1) is 6.92 Å². The SMILES string of the molecule is COC(=O)c1ncsc1S(=O)(=O)Nc1c(C)ccnc1Cl. The zero-order valence-electron chi connectivity index (χ0n) is 11.0. The molecule has 2 rings (SSSR count). The number of pyridine rings is 1. The molecule has 0 bridgehead atoms. The Hall–Kier alpha value is -1.71. The number of esters is 1. The number of aromatic nitrogens is 2. The number of halogens is 1. The van der Waals surface area contributed by atoms with Crippen LogP contribution in [-0.2, 0) is 14.8 Å². The molecule has 2 aromatic rings. The Morgan fingerprint density at radius 1 is 1.43 bits per heavy atom. The molecule has 2 aromatic heterocycles. The lowest BCUT2D eigenvalue weighted by molar-refractivity contribution is 0.0590. The number of thiazole rings is 1. The maximum atomic E-state index is 12.4. The number of carbonyl (C=O) groups excluding carboxylic acids is 1. The van der Waals surface area contributed by atoms with Crippen molar-refractivity contribution >= 4 is 44.6 Å². The van der Waals surface area contributed by atoms with Crippen LogP contribution >= 0.6 is 22.9 Å². The maximum Gasteiger partial charge on any atom is 0.358 e. The fraction of sp³-hybridized carbons (Fsp3) is 0.182. The monoisotopic (exact) mass is 347 g/mol. The largest absolute Gasteiger partial charge is 0.464 e. The van der Waals surface area contributed by atoms with Gasteiger partial charge in [0.2, 0.25) is 0 Å². The lowest BCUT2D eigenvalue weighted by atomic mass is 10.3. The number of anilines is 1. The van der Waals surface area contributed by atoms with Gasteiger partial charge in [0.15, 0.2) is 15.1 Å². The molecule has 0 radical (unpaired) electrons. The lowest BCUT2D eigenvalue weighted by Gasteiger charge is -2.10. The number of hydrogen-bond donors (Lipinski definition) is 1. The molecule has 2 heterocycles. The van der Waals surface area contributed by atoms with E-state index in [1.54, 1.807) is 13.0 Å². The number of aryl methyl sites for hydroxylation is 1. The van der Waals surface area contributed by atoms with E-state index >= 15 is 0 Å². The predicted molar refractivity (Wildman–Crippen MR) is 78.2 cm³/mol. The average Bonchev–Trinajstić information content (AvgIpc) is 2.92. The van der Waals surface area contributed by atoms with Gasteiger partial charge in [-0.1, -0.05) is 11.6 Å². The van der Waals surface area contributed by atoms with Crippen LogP contribution in [0.5, 0.6) is 0 Å². The Balaban J connectivity index is 2.45. The van der Waals surface area contributed by atoms with Gasteiger partial charge in [0.25, 0.3) is 10.0 Å². The lowest BCUT2D eigenvalue weighted by Crippen LogP contribution is -2.17. The molecule has 1 N–H and O–H groups in total. The fourth-order valence-electron chi connectivity index (χ4n) is 1.49. The third-order valence-electron chi connectivity index (χ3n) is 2.51. The van der Waals surface area contributed by atoms with Crippen molar-refractivity contribution < 1.29 is 17.9 Å². The van der Waals surface area contributed by atoms with E-state index < -0.39 is 16.0 Å². The number of rotatable bonds is 4. The van der Waals surface area contributed by atoms with Gasteiger partial charge in [-0.05, 0) is 18.6 Å². The second kappa shape index (κ2) is 5.96. The van der Waals surface area contributed by atoms with E-state index in [1.807, 2.05) is 0 Å². The van der Waals surface area contributed by atoms with E-state index in [0.717, 1.165) is 18.4 Å². The van der Waals surface area contributed by atoms with Crippen LogP contribution in [-0.4, -0.2) is 31.5 Å². The van der Waals surface area contributed by atoms with Crippen LogP contribution in [0.1, 0.15) is 16.1 Å². The minimum atomic E-state index is -4.02. The molecule has 0 unspecified atom stereocenters. The van der Waals surface area contributed by atoms with Crippen molar-refractivity contribution in [3.8, 4) is 0 Å². The summed E-state index contributed by atoms with van der Waals surface area (Å²) in [7, 11) is -2.87. The summed E-state index contributed by atoms with van der Waals surface area (Å²) in [5, 5.41) is 0.0164. The van der Waals surface area contributed by atoms with Crippen molar-refractivity contribution in [1.82, 2.24) is 9.97 Å². The van der Waals surface area contributed by atoms with Gasteiger partial charge in [-0.3, -0.25) is 4.72 Å². The van der Waals surface area contributed by atoms with E-state index in [9.17, 15) is 13.2 Å². The van der Waals surface area contributed by atoms with Crippen LogP contribution in [0.2, 0.25) is 5.15 Å². The summed E-state index contributed by atoms with van der Waals surface area (Å²) in [5.41, 5.74) is 1.73. The van der Waals surface area contributed by atoms with E-state index in [0.29, 0.717) is 5.56 Å². The van der Waals surface area contributed by atoms with Gasteiger partial charge in [0.1, 0.15) is 0 Å². The third-order valence-corrected chi connectivity index (χ3v) is 5.51. The molecule has 0 aliphatic rings. The van der Waals surface area contributed by atoms with Crippen LogP contribution < -0.4 is 4.72 Å². The van der Waals surface area contributed by atoms with Crippen LogP contribution in [0.4, 0.5) is 5.69 Å². The normalized spacial score (nSPS) is 11.2. The summed E-state index contributed by atoms with van der Waals surface area (Å²) in [6.45, 7) is 1.68. The van der Waals surface area contributed by atoms with Gasteiger partial charge < -0.3 is 4.74 Å². The summed E-state index contributed by atoms with van der Waals surface area (Å²) in [6, 6.07) is 1.61. The van der Waals surface area contributed by atoms with Gasteiger partial charge in [-0.15, -0.1) is 11.3 Å². The molecule has 0 aliphatic heterocycles. The van der Waals surface area contributed by atoms with Gasteiger partial charge in [0, 0.05) is 6.20 Å². The zero-order valence-corrected chi connectivity index (χ0v) is 13.3. The highest BCUT2D eigenvalue weighted by atomic mass is 35.5. The van der Waals surface area contributed by atoms with Crippen LogP contribution in [0.3, 0.4) is 0 Å². The first-order valence-corrected chi connectivity index (χ1v) is 8.26. The van der Waals surface area contributed by atoms with Crippen molar-refractivity contribution in [2.45, 2.75) is 11.1 Å². The van der Waals surface area contributed by atoms with Gasteiger partial charge >= 0.3 is 5.97 Å². The molecule has 21 heavy (non-hydrogen) atoms. The Morgan fingerprint density at radius 3 is 2.76 bits per heavy atom. The second-order valence-electron chi connectivity index (χ2n) is 3.88. The van der Waals surface area contributed by atoms with E-state index in [2.05, 4.69) is 19.4 Å². The molecule has 0 amide bonds. The maximum absolute atomic E-state index is 12.4. The molecule has 112 valence electrons. The standard InChI is InChI=1S/C11H10ClN3O4S2/c1-6-3-4-13-9(12)7(6)15-21(17,18)11-8(10(16)19-2)14-5-20-11/h3-5,15H,1-2H3. The molecule has 0 spiro atoms. The second-order valence-corrected chi connectivity index (χ2v) is 6.97. The first-order chi connectivity index (χ1) is 9.86. The van der Waals surface area contributed by atoms with Crippen molar-refractivity contribution in [3.05, 3.63) is 34.2 Å². The topological polar surface area (TPSA) is 98.2 Å². The molecule has 0 saturated heterocycles. The van der Waals surface area contributed by atoms with Gasteiger partial charge in [-0.25, -0.2) is 23.2 Å². The molecule has 0 aliphatic carbocycles. The van der Waals surface area contributed by atoms with Crippen LogP contribution in [0.25, 0.3) is 0 Å². The Kier molecular flexibility index (Phi) is 4.45. The minimum absolute atomic E-state index is 0.0164. The smallest absolute Gasteiger partial charge is 0.358 e. The van der Waals surface area contributed by atoms with Crippen molar-refractivity contribution in [2.75, 3.05) is 11.8 Å². The number of ether oxygens (including phenoxy) is 1. The molecular weight excluding hydrogens is 338 g/mol. The Labute approximate surface area is 130 Å². The number of nitrogens with zero attached hydrogens (tertiary/aromatic N) is 2. The summed E-state index contributed by atoms with van der Waals surface area (Å²) < 4.78 is 31.3. The summed E-state index contributed by atoms with van der Waals surface area (Å²) in [5.74, 6) is -0.828. The van der Waals surface area contributed by atoms with Gasteiger partial charge in [0.05, 0.1) is 18.3 Å². The number of hydrogen-bond acceptors (Lipinski definition) is 7. The fourth-order valence-corrected chi connectivity index (χ4v) is 4.07. The summed E-state index contributed by atoms with van der Waals surface area (Å²) >= 11 is 6.69. The summed E-state index contributed by atoms with van der Waals surface area (Å²) in [6.07, 6.45) is 1.46. The van der Waals surface area contributed by atoms with Crippen molar-refractivity contribution in [2.24, 2.45) is 0 Å². The first-order valence-electron chi connectivity index (χ1n) is 5.52. The number of methoxy groups -OCH3 is 1. The highest BCUT2D eigenvalue weighted by Gasteiger charge is 2.27. The van der Waals surface area contributed by atoms with Gasteiger partial charge in [-0.2, -0.15) is 0 Å². The molecule has 0 aromatic carbocycles. The number of carbonyl (C=O) groups is 1. The Morgan fingerprint density at radius 2 is 2.14 bits per heavy atom. The number of nitrogens with one attached hydrogen (secondary N) is 1. The highest BCUT2D eigenvalue weighted by molar-refractivity contribution is 7.94. The molecule has 10 heteroatoms. The predicted octanol–water partition coefficient (Wildman–Crippen LogP) is 2.09. The quantitative estimate of drug-likeness (QED) is 0.671. The van der Waals surface area contributed by atoms with E-state index in [1.165, 1.54) is 11.7 Å². The average molecular weight is 348 g/mol. The molecule has 0 fully saturated rings. The van der Waals surface area contributed by atoms with Crippen LogP contribution in [0.15, 0.2) is 22.0 Å². The van der Waals surface area contributed by atoms with Crippen molar-refractivity contribution in [1.29, 1.82) is 0 Å². The molecule has 7 nitrogen and oxygen atoms in total. The van der Waals surface area contributed by atoms with Crippen molar-refractivity contribution in [3.63, 3.8) is 0 Å². The zero-order chi connectivity index (χ0) is 15.6. The molecule has 0 saturated carbocycles. The van der Waals surface area contributed by atoms with E-state index in [-0.39, 0.29) is 20.7 Å². The minimum Gasteiger partial charge on any atom is -0.464 e. The third kappa shape index (κ3) is 3.14. The summed E-state index contributed by atoms with van der Waals surface area (Å²) in [4.78, 5) is 19.0. The first kappa shape index (κ1) is 15.7. The number of sulfonamides is 1. The molecule has 0 atom stereocenters. The highest BCUT2D eigenvalue weighted by Crippen LogP contribution is 2.28. The molecular formula is C11H10ClN3O4S2. The Bertz CT molecular complexity index is 768.